The van der Waals surface area contributed by atoms with Crippen LogP contribution in [0.25, 0.3) is 0 Å². The van der Waals surface area contributed by atoms with E-state index >= 15 is 0 Å². The monoisotopic (exact) mass is 346 g/mol. The molecule has 0 unspecified atom stereocenters. The Kier molecular flexibility index (Phi) is 5.77. The van der Waals surface area contributed by atoms with Gasteiger partial charge in [-0.15, -0.1) is 10.2 Å². The topological polar surface area (TPSA) is 90.9 Å². The minimum Gasteiger partial charge on any atom is -0.370 e. The van der Waals surface area contributed by atoms with Crippen LogP contribution < -0.4 is 5.73 Å². The fourth-order valence-corrected chi connectivity index (χ4v) is 3.23. The van der Waals surface area contributed by atoms with Crippen LogP contribution in [0.3, 0.4) is 0 Å². The van der Waals surface area contributed by atoms with Crippen molar-refractivity contribution in [2.75, 3.05) is 0 Å². The van der Waals surface area contributed by atoms with Crippen molar-refractivity contribution in [3.8, 4) is 0 Å². The van der Waals surface area contributed by atoms with Gasteiger partial charge in [0.15, 0.2) is 10.9 Å². The number of primary amides is 1. The van der Waals surface area contributed by atoms with Gasteiger partial charge in [0.25, 0.3) is 0 Å². The Balaban J connectivity index is 2.12. The number of hydrogen-bond donors (Lipinski definition) is 1. The summed E-state index contributed by atoms with van der Waals surface area (Å²) in [5.41, 5.74) is 7.94. The van der Waals surface area contributed by atoms with E-state index in [4.69, 9.17) is 5.73 Å². The minimum absolute atomic E-state index is 0.0721. The summed E-state index contributed by atoms with van der Waals surface area (Å²) in [5, 5.41) is 8.57. The van der Waals surface area contributed by atoms with Crippen LogP contribution in [0.4, 0.5) is 0 Å². The highest BCUT2D eigenvalue weighted by molar-refractivity contribution is 8.00. The summed E-state index contributed by atoms with van der Waals surface area (Å²) in [4.78, 5) is 23.6. The number of carbonyl (C=O) groups excluding carboxylic acids is 2. The van der Waals surface area contributed by atoms with Gasteiger partial charge in [0.2, 0.25) is 5.91 Å². The van der Waals surface area contributed by atoms with Crippen molar-refractivity contribution in [1.29, 1.82) is 0 Å². The Morgan fingerprint density at radius 2 is 2.00 bits per heavy atom. The largest absolute Gasteiger partial charge is 0.370 e. The van der Waals surface area contributed by atoms with E-state index in [0.29, 0.717) is 17.4 Å². The number of hydrogen-bond acceptors (Lipinski definition) is 5. The number of aromatic nitrogens is 3. The van der Waals surface area contributed by atoms with Crippen LogP contribution in [0.1, 0.15) is 40.7 Å². The Morgan fingerprint density at radius 3 is 2.67 bits per heavy atom. The molecule has 1 amide bonds. The molecular weight excluding hydrogens is 324 g/mol. The van der Waals surface area contributed by atoms with Crippen molar-refractivity contribution in [2.24, 2.45) is 12.8 Å². The summed E-state index contributed by atoms with van der Waals surface area (Å²) >= 11 is 1.37. The average Bonchev–Trinajstić information content (AvgIpc) is 2.87. The third-order valence-electron chi connectivity index (χ3n) is 3.83. The SMILES string of the molecule is Cc1ccc(C)c(C(=O)[C@H](C)Sc2nnc(CCC(N)=O)n2C)c1. The van der Waals surface area contributed by atoms with E-state index in [-0.39, 0.29) is 23.4 Å². The Labute approximate surface area is 145 Å². The molecule has 2 aromatic rings. The molecule has 128 valence electrons. The summed E-state index contributed by atoms with van der Waals surface area (Å²) in [5.74, 6) is 0.385. The number of ketones is 1. The maximum absolute atomic E-state index is 12.7. The smallest absolute Gasteiger partial charge is 0.217 e. The lowest BCUT2D eigenvalue weighted by atomic mass is 10.0. The molecule has 0 aliphatic heterocycles. The molecule has 0 aliphatic carbocycles. The summed E-state index contributed by atoms with van der Waals surface area (Å²) in [7, 11) is 1.83. The fraction of sp³-hybridized carbons (Fsp3) is 0.412. The highest BCUT2D eigenvalue weighted by atomic mass is 32.2. The molecule has 0 bridgehead atoms. The van der Waals surface area contributed by atoms with Gasteiger partial charge in [-0.3, -0.25) is 9.59 Å². The molecule has 2 N–H and O–H groups in total. The predicted octanol–water partition coefficient (Wildman–Crippen LogP) is 2.21. The van der Waals surface area contributed by atoms with Crippen LogP contribution in [0.2, 0.25) is 0 Å². The molecule has 24 heavy (non-hydrogen) atoms. The maximum atomic E-state index is 12.7. The molecule has 0 fully saturated rings. The molecule has 6 nitrogen and oxygen atoms in total. The molecular formula is C17H22N4O2S. The molecule has 0 saturated carbocycles. The third-order valence-corrected chi connectivity index (χ3v) is 4.96. The second kappa shape index (κ2) is 7.61. The number of aryl methyl sites for hydroxylation is 3. The van der Waals surface area contributed by atoms with Crippen LogP contribution in [0.15, 0.2) is 23.4 Å². The van der Waals surface area contributed by atoms with E-state index < -0.39 is 0 Å². The summed E-state index contributed by atoms with van der Waals surface area (Å²) in [6, 6.07) is 5.88. The first-order chi connectivity index (χ1) is 11.3. The molecule has 1 aromatic heterocycles. The minimum atomic E-state index is -0.370. The van der Waals surface area contributed by atoms with Crippen molar-refractivity contribution in [3.05, 3.63) is 40.7 Å². The summed E-state index contributed by atoms with van der Waals surface area (Å²) in [6.45, 7) is 5.78. The number of Topliss-reactive ketones (excluding diaryl/α,β-unsaturated/α-hetero) is 1. The molecule has 0 spiro atoms. The van der Waals surface area contributed by atoms with E-state index in [1.54, 1.807) is 4.57 Å². The van der Waals surface area contributed by atoms with Gasteiger partial charge in [-0.2, -0.15) is 0 Å². The normalized spacial score (nSPS) is 12.2. The number of nitrogens with zero attached hydrogens (tertiary/aromatic N) is 3. The van der Waals surface area contributed by atoms with Gasteiger partial charge in [0.05, 0.1) is 5.25 Å². The van der Waals surface area contributed by atoms with E-state index in [2.05, 4.69) is 10.2 Å². The molecule has 1 aromatic carbocycles. The van der Waals surface area contributed by atoms with Crippen molar-refractivity contribution >= 4 is 23.5 Å². The molecule has 2 rings (SSSR count). The number of thioether (sulfide) groups is 1. The molecule has 0 radical (unpaired) electrons. The van der Waals surface area contributed by atoms with Gasteiger partial charge in [0.1, 0.15) is 5.82 Å². The lowest BCUT2D eigenvalue weighted by Crippen LogP contribution is -2.16. The number of rotatable bonds is 7. The van der Waals surface area contributed by atoms with Gasteiger partial charge < -0.3 is 10.3 Å². The number of carbonyl (C=O) groups is 2. The molecule has 1 heterocycles. The summed E-state index contributed by atoms with van der Waals surface area (Å²) in [6.07, 6.45) is 0.673. The second-order valence-corrected chi connectivity index (χ2v) is 7.17. The lowest BCUT2D eigenvalue weighted by molar-refractivity contribution is -0.118. The van der Waals surface area contributed by atoms with Crippen molar-refractivity contribution in [2.45, 2.75) is 44.0 Å². The quantitative estimate of drug-likeness (QED) is 0.613. The zero-order chi connectivity index (χ0) is 17.9. The van der Waals surface area contributed by atoms with Crippen LogP contribution >= 0.6 is 11.8 Å². The predicted molar refractivity (Wildman–Crippen MR) is 94.1 cm³/mol. The van der Waals surface area contributed by atoms with E-state index in [1.807, 2.05) is 46.0 Å². The summed E-state index contributed by atoms with van der Waals surface area (Å²) < 4.78 is 1.81. The van der Waals surface area contributed by atoms with Gasteiger partial charge in [-0.1, -0.05) is 29.5 Å². The molecule has 1 atom stereocenters. The van der Waals surface area contributed by atoms with Gasteiger partial charge in [-0.05, 0) is 32.4 Å². The van der Waals surface area contributed by atoms with Crippen LogP contribution in [-0.2, 0) is 18.3 Å². The zero-order valence-corrected chi connectivity index (χ0v) is 15.2. The first-order valence-electron chi connectivity index (χ1n) is 7.74. The van der Waals surface area contributed by atoms with Gasteiger partial charge >= 0.3 is 0 Å². The van der Waals surface area contributed by atoms with Gasteiger partial charge in [-0.25, -0.2) is 0 Å². The van der Waals surface area contributed by atoms with Crippen molar-refractivity contribution < 1.29 is 9.59 Å². The first kappa shape index (κ1) is 18.2. The average molecular weight is 346 g/mol. The van der Waals surface area contributed by atoms with Crippen LogP contribution in [0.5, 0.6) is 0 Å². The highest BCUT2D eigenvalue weighted by Crippen LogP contribution is 2.25. The Bertz CT molecular complexity index is 770. The number of amides is 1. The maximum Gasteiger partial charge on any atom is 0.217 e. The van der Waals surface area contributed by atoms with E-state index in [9.17, 15) is 9.59 Å². The molecule has 0 saturated heterocycles. The van der Waals surface area contributed by atoms with E-state index in [0.717, 1.165) is 16.7 Å². The second-order valence-electron chi connectivity index (χ2n) is 5.87. The van der Waals surface area contributed by atoms with Crippen molar-refractivity contribution in [1.82, 2.24) is 14.8 Å². The standard InChI is InChI=1S/C17H22N4O2S/c1-10-5-6-11(2)13(9-10)16(23)12(3)24-17-20-19-15(21(17)4)8-7-14(18)22/h5-6,9,12H,7-8H2,1-4H3,(H2,18,22)/t12-/m0/s1. The van der Waals surface area contributed by atoms with Crippen LogP contribution in [-0.4, -0.2) is 31.7 Å². The number of nitrogens with two attached hydrogens (primary N) is 1. The first-order valence-corrected chi connectivity index (χ1v) is 8.62. The number of benzene rings is 1. The Morgan fingerprint density at radius 1 is 1.29 bits per heavy atom. The fourth-order valence-electron chi connectivity index (χ4n) is 2.33. The molecule has 0 aliphatic rings. The van der Waals surface area contributed by atoms with Crippen molar-refractivity contribution in [3.63, 3.8) is 0 Å². The lowest BCUT2D eigenvalue weighted by Gasteiger charge is -2.12. The highest BCUT2D eigenvalue weighted by Gasteiger charge is 2.21. The molecule has 7 heteroatoms. The van der Waals surface area contributed by atoms with Crippen LogP contribution in [0, 0.1) is 13.8 Å². The third kappa shape index (κ3) is 4.23. The zero-order valence-electron chi connectivity index (χ0n) is 14.4. The Hall–Kier alpha value is -2.15. The van der Waals surface area contributed by atoms with Gasteiger partial charge in [0, 0.05) is 25.5 Å². The van der Waals surface area contributed by atoms with E-state index in [1.165, 1.54) is 11.8 Å².